The van der Waals surface area contributed by atoms with Gasteiger partial charge in [-0.1, -0.05) is 29.8 Å². The Balaban J connectivity index is 1.93. The number of nitro benzene ring substituents is 1. The van der Waals surface area contributed by atoms with Gasteiger partial charge < -0.3 is 9.72 Å². The largest absolute Gasteiger partial charge is 0.468 e. The molecule has 0 saturated heterocycles. The molecule has 0 amide bonds. The molecule has 0 aliphatic rings. The molecule has 0 aliphatic carbocycles. The fourth-order valence-corrected chi connectivity index (χ4v) is 4.28. The normalized spacial score (nSPS) is 12.6. The van der Waals surface area contributed by atoms with Gasteiger partial charge in [0.2, 0.25) is 10.0 Å². The lowest BCUT2D eigenvalue weighted by atomic mass is 10.1. The Labute approximate surface area is 170 Å². The second-order valence-electron chi connectivity index (χ2n) is 6.13. The molecule has 152 valence electrons. The van der Waals surface area contributed by atoms with Gasteiger partial charge in [0.05, 0.1) is 16.9 Å². The molecule has 0 saturated carbocycles. The lowest BCUT2D eigenvalue weighted by Crippen LogP contribution is -2.42. The first-order valence-corrected chi connectivity index (χ1v) is 10.2. The summed E-state index contributed by atoms with van der Waals surface area (Å²) in [6, 6.07) is 9.19. The summed E-state index contributed by atoms with van der Waals surface area (Å²) in [7, 11) is -3.12. The number of rotatable bonds is 7. The number of hydrogen-bond donors (Lipinski definition) is 2. The van der Waals surface area contributed by atoms with Crippen molar-refractivity contribution in [1.29, 1.82) is 0 Å². The zero-order chi connectivity index (χ0) is 21.2. The summed E-state index contributed by atoms with van der Waals surface area (Å²) >= 11 is 5.74. The highest BCUT2D eigenvalue weighted by Crippen LogP contribution is 2.27. The van der Waals surface area contributed by atoms with Crippen molar-refractivity contribution in [1.82, 2.24) is 9.71 Å². The standard InChI is InChI=1S/C18H16ClN3O6S/c1-28-18(23)16(8-11-10-20-15-5-3-2-4-13(11)15)21-29(26,27)12-6-7-14(19)17(9-12)22(24)25/h2-7,9-10,16,20-21H,8H2,1H3. The number of H-pyrrole nitrogens is 1. The number of methoxy groups -OCH3 is 1. The minimum atomic E-state index is -4.27. The van der Waals surface area contributed by atoms with Crippen LogP contribution in [0.2, 0.25) is 5.02 Å². The molecule has 3 rings (SSSR count). The number of nitro groups is 1. The lowest BCUT2D eigenvalue weighted by molar-refractivity contribution is -0.384. The number of halogens is 1. The first kappa shape index (κ1) is 20.8. The average molecular weight is 438 g/mol. The number of nitrogens with one attached hydrogen (secondary N) is 2. The zero-order valence-electron chi connectivity index (χ0n) is 15.1. The van der Waals surface area contributed by atoms with Gasteiger partial charge in [0.25, 0.3) is 5.69 Å². The monoisotopic (exact) mass is 437 g/mol. The predicted molar refractivity (Wildman–Crippen MR) is 106 cm³/mol. The van der Waals surface area contributed by atoms with E-state index in [4.69, 9.17) is 16.3 Å². The fraction of sp³-hybridized carbons (Fsp3) is 0.167. The quantitative estimate of drug-likeness (QED) is 0.332. The van der Waals surface area contributed by atoms with Crippen molar-refractivity contribution in [3.05, 3.63) is 69.4 Å². The first-order chi connectivity index (χ1) is 13.7. The van der Waals surface area contributed by atoms with Crippen molar-refractivity contribution in [3.8, 4) is 0 Å². The van der Waals surface area contributed by atoms with Crippen molar-refractivity contribution in [2.45, 2.75) is 17.4 Å². The number of carbonyl (C=O) groups excluding carboxylic acids is 1. The topological polar surface area (TPSA) is 131 Å². The summed E-state index contributed by atoms with van der Waals surface area (Å²) in [5.41, 5.74) is 0.990. The number of sulfonamides is 1. The van der Waals surface area contributed by atoms with Crippen LogP contribution in [0.4, 0.5) is 5.69 Å². The van der Waals surface area contributed by atoms with E-state index in [1.807, 2.05) is 24.3 Å². The zero-order valence-corrected chi connectivity index (χ0v) is 16.7. The number of carbonyl (C=O) groups is 1. The number of esters is 1. The molecule has 0 radical (unpaired) electrons. The van der Waals surface area contributed by atoms with Crippen molar-refractivity contribution < 1.29 is 22.9 Å². The fourth-order valence-electron chi connectivity index (χ4n) is 2.89. The molecular formula is C18H16ClN3O6S. The van der Waals surface area contributed by atoms with Crippen LogP contribution in [-0.2, 0) is 26.0 Å². The minimum Gasteiger partial charge on any atom is -0.468 e. The van der Waals surface area contributed by atoms with Gasteiger partial charge in [0, 0.05) is 29.6 Å². The van der Waals surface area contributed by atoms with Crippen molar-refractivity contribution >= 4 is 44.2 Å². The maximum atomic E-state index is 12.7. The van der Waals surface area contributed by atoms with Crippen LogP contribution in [0.5, 0.6) is 0 Å². The summed E-state index contributed by atoms with van der Waals surface area (Å²) in [5, 5.41) is 11.7. The van der Waals surface area contributed by atoms with Gasteiger partial charge in [-0.3, -0.25) is 14.9 Å². The molecule has 2 aromatic carbocycles. The van der Waals surface area contributed by atoms with E-state index in [-0.39, 0.29) is 16.3 Å². The van der Waals surface area contributed by atoms with Crippen molar-refractivity contribution in [2.24, 2.45) is 0 Å². The maximum Gasteiger partial charge on any atom is 0.324 e. The molecule has 2 N–H and O–H groups in total. The van der Waals surface area contributed by atoms with E-state index in [2.05, 4.69) is 9.71 Å². The maximum absolute atomic E-state index is 12.7. The Morgan fingerprint density at radius 2 is 2.03 bits per heavy atom. The molecule has 29 heavy (non-hydrogen) atoms. The van der Waals surface area contributed by atoms with Crippen LogP contribution in [0.3, 0.4) is 0 Å². The number of aromatic nitrogens is 1. The molecule has 1 unspecified atom stereocenters. The Kier molecular flexibility index (Phi) is 5.87. The van der Waals surface area contributed by atoms with Gasteiger partial charge in [-0.15, -0.1) is 0 Å². The Morgan fingerprint density at radius 1 is 1.31 bits per heavy atom. The van der Waals surface area contributed by atoms with Crippen molar-refractivity contribution in [3.63, 3.8) is 0 Å². The molecule has 0 fully saturated rings. The lowest BCUT2D eigenvalue weighted by Gasteiger charge is -2.16. The molecule has 1 atom stereocenters. The molecule has 9 nitrogen and oxygen atoms in total. The number of ether oxygens (including phenoxy) is 1. The summed E-state index contributed by atoms with van der Waals surface area (Å²) in [5.74, 6) is -0.790. The number of aromatic amines is 1. The van der Waals surface area contributed by atoms with Gasteiger partial charge in [0.15, 0.2) is 0 Å². The van der Waals surface area contributed by atoms with E-state index in [0.717, 1.165) is 36.2 Å². The van der Waals surface area contributed by atoms with Gasteiger partial charge in [0.1, 0.15) is 11.1 Å². The first-order valence-electron chi connectivity index (χ1n) is 8.32. The van der Waals surface area contributed by atoms with Crippen LogP contribution < -0.4 is 4.72 Å². The van der Waals surface area contributed by atoms with Crippen LogP contribution >= 0.6 is 11.6 Å². The molecule has 1 aromatic heterocycles. The Hall–Kier alpha value is -2.95. The van der Waals surface area contributed by atoms with Crippen LogP contribution in [0.15, 0.2) is 53.6 Å². The molecule has 0 bridgehead atoms. The van der Waals surface area contributed by atoms with E-state index >= 15 is 0 Å². The van der Waals surface area contributed by atoms with Gasteiger partial charge in [-0.2, -0.15) is 4.72 Å². The third kappa shape index (κ3) is 4.39. The van der Waals surface area contributed by atoms with Crippen LogP contribution in [0.1, 0.15) is 5.56 Å². The van der Waals surface area contributed by atoms with E-state index in [0.29, 0.717) is 5.56 Å². The molecule has 11 heteroatoms. The van der Waals surface area contributed by atoms with E-state index in [9.17, 15) is 23.3 Å². The molecule has 1 heterocycles. The number of fused-ring (bicyclic) bond motifs is 1. The molecule has 0 aliphatic heterocycles. The third-order valence-corrected chi connectivity index (χ3v) is 6.10. The van der Waals surface area contributed by atoms with Gasteiger partial charge >= 0.3 is 5.97 Å². The predicted octanol–water partition coefficient (Wildman–Crippen LogP) is 2.79. The smallest absolute Gasteiger partial charge is 0.324 e. The highest BCUT2D eigenvalue weighted by Gasteiger charge is 2.29. The molecular weight excluding hydrogens is 422 g/mol. The third-order valence-electron chi connectivity index (χ3n) is 4.31. The highest BCUT2D eigenvalue weighted by molar-refractivity contribution is 7.89. The summed E-state index contributed by atoms with van der Waals surface area (Å²) < 4.78 is 32.5. The van der Waals surface area contributed by atoms with E-state index in [1.165, 1.54) is 0 Å². The highest BCUT2D eigenvalue weighted by atomic mass is 35.5. The van der Waals surface area contributed by atoms with Crippen molar-refractivity contribution in [2.75, 3.05) is 7.11 Å². The number of hydrogen-bond acceptors (Lipinski definition) is 6. The number of nitrogens with zero attached hydrogens (tertiary/aromatic N) is 1. The van der Waals surface area contributed by atoms with Gasteiger partial charge in [-0.05, 0) is 23.8 Å². The minimum absolute atomic E-state index is 0.0194. The second-order valence-corrected chi connectivity index (χ2v) is 8.25. The second kappa shape index (κ2) is 8.19. The summed E-state index contributed by atoms with van der Waals surface area (Å²) in [6.45, 7) is 0. The molecule has 0 spiro atoms. The summed E-state index contributed by atoms with van der Waals surface area (Å²) in [6.07, 6.45) is 1.70. The van der Waals surface area contributed by atoms with Crippen LogP contribution in [0.25, 0.3) is 10.9 Å². The van der Waals surface area contributed by atoms with Gasteiger partial charge in [-0.25, -0.2) is 8.42 Å². The Bertz CT molecular complexity index is 1190. The average Bonchev–Trinajstić information content (AvgIpc) is 3.09. The van der Waals surface area contributed by atoms with Crippen LogP contribution in [-0.4, -0.2) is 37.4 Å². The van der Waals surface area contributed by atoms with E-state index < -0.39 is 32.6 Å². The summed E-state index contributed by atoms with van der Waals surface area (Å²) in [4.78, 5) is 25.1. The Morgan fingerprint density at radius 3 is 2.72 bits per heavy atom. The van der Waals surface area contributed by atoms with E-state index in [1.54, 1.807) is 6.20 Å². The molecule has 3 aromatic rings. The SMILES string of the molecule is COC(=O)C(Cc1c[nH]c2ccccc12)NS(=O)(=O)c1ccc(Cl)c([N+](=O)[O-])c1. The number of para-hydroxylation sites is 1. The van der Waals surface area contributed by atoms with Crippen LogP contribution in [0, 0.1) is 10.1 Å². The number of benzene rings is 2.